The average Bonchev–Trinajstić information content (AvgIpc) is 2.53. The third-order valence-corrected chi connectivity index (χ3v) is 2.29. The molecule has 1 N–H and O–H groups in total. The molecule has 0 atom stereocenters. The maximum Gasteiger partial charge on any atom is 0.439 e. The van der Waals surface area contributed by atoms with Gasteiger partial charge in [0.15, 0.2) is 0 Å². The van der Waals surface area contributed by atoms with Crippen LogP contribution in [0.4, 0.5) is 0 Å². The molecule has 0 aliphatic carbocycles. The summed E-state index contributed by atoms with van der Waals surface area (Å²) in [5.41, 5.74) is 0.619. The number of nitrogens with one attached hydrogen (secondary N) is 1. The van der Waals surface area contributed by atoms with Gasteiger partial charge in [0.25, 0.3) is 0 Å². The van der Waals surface area contributed by atoms with E-state index in [4.69, 9.17) is 0 Å². The van der Waals surface area contributed by atoms with E-state index in [1.165, 1.54) is 0 Å². The Morgan fingerprint density at radius 1 is 1.54 bits per heavy atom. The molecule has 13 heavy (non-hydrogen) atoms. The second kappa shape index (κ2) is 3.29. The largest absolute Gasteiger partial charge is 0.439 e. The molecular weight excluding hydrogens is 285 g/mol. The predicted molar refractivity (Wildman–Crippen MR) is 53.1 cm³/mol. The first-order chi connectivity index (χ1) is 6.27. The fourth-order valence-electron chi connectivity index (χ4n) is 0.892. The summed E-state index contributed by atoms with van der Waals surface area (Å²) in [5.74, 6) is -0.216. The first kappa shape index (κ1) is 8.42. The minimum Gasteiger partial charge on any atom is -0.296 e. The SMILES string of the molecule is O=c1[nH]c(-c2ncccc2I)no1. The van der Waals surface area contributed by atoms with Crippen molar-refractivity contribution in [1.29, 1.82) is 0 Å². The van der Waals surface area contributed by atoms with Crippen LogP contribution >= 0.6 is 22.6 Å². The number of H-pyrrole nitrogens is 1. The number of pyridine rings is 1. The molecule has 0 saturated heterocycles. The van der Waals surface area contributed by atoms with Crippen molar-refractivity contribution < 1.29 is 4.52 Å². The Bertz CT molecular complexity index is 476. The van der Waals surface area contributed by atoms with Gasteiger partial charge in [-0.25, -0.2) is 4.79 Å². The molecule has 0 bridgehead atoms. The van der Waals surface area contributed by atoms with Gasteiger partial charge in [-0.3, -0.25) is 14.5 Å². The van der Waals surface area contributed by atoms with Gasteiger partial charge in [0.1, 0.15) is 5.69 Å². The number of rotatable bonds is 1. The fourth-order valence-corrected chi connectivity index (χ4v) is 1.49. The van der Waals surface area contributed by atoms with Crippen molar-refractivity contribution in [3.8, 4) is 11.5 Å². The van der Waals surface area contributed by atoms with Crippen LogP contribution in [0.15, 0.2) is 27.6 Å². The lowest BCUT2D eigenvalue weighted by molar-refractivity contribution is 0.387. The maximum absolute atomic E-state index is 10.7. The first-order valence-electron chi connectivity index (χ1n) is 3.44. The summed E-state index contributed by atoms with van der Waals surface area (Å²) in [6, 6.07) is 3.68. The highest BCUT2D eigenvalue weighted by Gasteiger charge is 2.08. The van der Waals surface area contributed by atoms with E-state index in [0.717, 1.165) is 3.57 Å². The van der Waals surface area contributed by atoms with Gasteiger partial charge in [0.05, 0.1) is 0 Å². The lowest BCUT2D eigenvalue weighted by atomic mass is 10.3. The normalized spacial score (nSPS) is 10.2. The van der Waals surface area contributed by atoms with Gasteiger partial charge in [-0.1, -0.05) is 5.16 Å². The summed E-state index contributed by atoms with van der Waals surface area (Å²) >= 11 is 2.11. The highest BCUT2D eigenvalue weighted by atomic mass is 127. The van der Waals surface area contributed by atoms with E-state index in [1.54, 1.807) is 6.20 Å². The van der Waals surface area contributed by atoms with Gasteiger partial charge in [0, 0.05) is 9.77 Å². The number of hydrogen-bond donors (Lipinski definition) is 1. The number of aromatic amines is 1. The van der Waals surface area contributed by atoms with Crippen LogP contribution in [0.1, 0.15) is 0 Å². The summed E-state index contributed by atoms with van der Waals surface area (Å²) in [4.78, 5) is 17.2. The number of nitrogens with zero attached hydrogens (tertiary/aromatic N) is 2. The zero-order valence-electron chi connectivity index (χ0n) is 6.32. The van der Waals surface area contributed by atoms with Crippen LogP contribution in [-0.4, -0.2) is 15.1 Å². The number of halogens is 1. The molecule has 0 fully saturated rings. The highest BCUT2D eigenvalue weighted by Crippen LogP contribution is 2.17. The van der Waals surface area contributed by atoms with Crippen molar-refractivity contribution in [2.45, 2.75) is 0 Å². The average molecular weight is 289 g/mol. The van der Waals surface area contributed by atoms with Gasteiger partial charge in [-0.2, -0.15) is 0 Å². The van der Waals surface area contributed by atoms with Gasteiger partial charge in [-0.15, -0.1) is 0 Å². The molecule has 0 unspecified atom stereocenters. The molecule has 0 radical (unpaired) electrons. The molecule has 66 valence electrons. The second-order valence-electron chi connectivity index (χ2n) is 2.28. The molecule has 5 nitrogen and oxygen atoms in total. The topological polar surface area (TPSA) is 71.8 Å². The Kier molecular flexibility index (Phi) is 2.13. The molecule has 2 heterocycles. The van der Waals surface area contributed by atoms with E-state index in [0.29, 0.717) is 11.5 Å². The minimum absolute atomic E-state index is 0.356. The van der Waals surface area contributed by atoms with Gasteiger partial charge in [0.2, 0.25) is 5.82 Å². The molecule has 2 rings (SSSR count). The smallest absolute Gasteiger partial charge is 0.296 e. The Morgan fingerprint density at radius 2 is 2.38 bits per heavy atom. The summed E-state index contributed by atoms with van der Waals surface area (Å²) in [6.45, 7) is 0. The standard InChI is InChI=1S/C7H4IN3O2/c8-4-2-1-3-9-5(4)6-10-7(12)13-11-6/h1-3H,(H,10,11,12). The van der Waals surface area contributed by atoms with Crippen LogP contribution in [0.5, 0.6) is 0 Å². The Labute approximate surface area is 86.3 Å². The van der Waals surface area contributed by atoms with E-state index in [1.807, 2.05) is 12.1 Å². The molecule has 0 saturated carbocycles. The van der Waals surface area contributed by atoms with Crippen molar-refractivity contribution >= 4 is 22.6 Å². The first-order valence-corrected chi connectivity index (χ1v) is 4.52. The summed E-state index contributed by atoms with van der Waals surface area (Å²) in [7, 11) is 0. The summed E-state index contributed by atoms with van der Waals surface area (Å²) < 4.78 is 5.28. The summed E-state index contributed by atoms with van der Waals surface area (Å²) in [6.07, 6.45) is 1.63. The van der Waals surface area contributed by atoms with E-state index < -0.39 is 5.76 Å². The Balaban J connectivity index is 2.58. The van der Waals surface area contributed by atoms with E-state index in [9.17, 15) is 4.79 Å². The fraction of sp³-hybridized carbons (Fsp3) is 0. The van der Waals surface area contributed by atoms with Gasteiger partial charge < -0.3 is 0 Å². The predicted octanol–water partition coefficient (Wildman–Crippen LogP) is 1.03. The van der Waals surface area contributed by atoms with Crippen LogP contribution < -0.4 is 5.76 Å². The van der Waals surface area contributed by atoms with Crippen molar-refractivity contribution in [2.24, 2.45) is 0 Å². The van der Waals surface area contributed by atoms with Gasteiger partial charge in [-0.05, 0) is 34.7 Å². The minimum atomic E-state index is -0.573. The number of aromatic nitrogens is 3. The lowest BCUT2D eigenvalue weighted by Crippen LogP contribution is -1.96. The van der Waals surface area contributed by atoms with E-state index in [-0.39, 0.29) is 0 Å². The monoisotopic (exact) mass is 289 g/mol. The molecular formula is C7H4IN3O2. The highest BCUT2D eigenvalue weighted by molar-refractivity contribution is 14.1. The molecule has 2 aromatic heterocycles. The third kappa shape index (κ3) is 1.62. The van der Waals surface area contributed by atoms with Crippen molar-refractivity contribution in [1.82, 2.24) is 15.1 Å². The third-order valence-electron chi connectivity index (χ3n) is 1.42. The van der Waals surface area contributed by atoms with Crippen molar-refractivity contribution in [3.63, 3.8) is 0 Å². The zero-order valence-corrected chi connectivity index (χ0v) is 8.48. The maximum atomic E-state index is 10.7. The van der Waals surface area contributed by atoms with Crippen molar-refractivity contribution in [3.05, 3.63) is 32.5 Å². The number of hydrogen-bond acceptors (Lipinski definition) is 4. The lowest BCUT2D eigenvalue weighted by Gasteiger charge is -1.95. The van der Waals surface area contributed by atoms with Crippen molar-refractivity contribution in [2.75, 3.05) is 0 Å². The van der Waals surface area contributed by atoms with E-state index >= 15 is 0 Å². The Hall–Kier alpha value is -1.18. The second-order valence-corrected chi connectivity index (χ2v) is 3.44. The molecule has 0 aromatic carbocycles. The van der Waals surface area contributed by atoms with Crippen LogP contribution in [0.3, 0.4) is 0 Å². The quantitative estimate of drug-likeness (QED) is 0.796. The van der Waals surface area contributed by atoms with E-state index in [2.05, 4.69) is 42.2 Å². The molecule has 0 spiro atoms. The van der Waals surface area contributed by atoms with Crippen LogP contribution in [0.2, 0.25) is 0 Å². The molecule has 6 heteroatoms. The van der Waals surface area contributed by atoms with Gasteiger partial charge >= 0.3 is 5.76 Å². The Morgan fingerprint density at radius 3 is 3.00 bits per heavy atom. The summed E-state index contributed by atoms with van der Waals surface area (Å²) in [5, 5.41) is 3.54. The zero-order chi connectivity index (χ0) is 9.26. The molecule has 0 aliphatic rings. The van der Waals surface area contributed by atoms with Crippen LogP contribution in [0.25, 0.3) is 11.5 Å². The molecule has 2 aromatic rings. The van der Waals surface area contributed by atoms with Crippen LogP contribution in [-0.2, 0) is 0 Å². The molecule has 0 amide bonds. The molecule has 0 aliphatic heterocycles. The van der Waals surface area contributed by atoms with Crippen LogP contribution in [0, 0.1) is 3.57 Å².